The van der Waals surface area contributed by atoms with E-state index in [2.05, 4.69) is 25.7 Å². The van der Waals surface area contributed by atoms with E-state index in [-0.39, 0.29) is 11.4 Å². The molecule has 0 saturated carbocycles. The number of hydrogen-bond acceptors (Lipinski definition) is 5. The van der Waals surface area contributed by atoms with Crippen LogP contribution in [0.2, 0.25) is 0 Å². The Hall–Kier alpha value is -3.42. The smallest absolute Gasteiger partial charge is 0.276 e. The Morgan fingerprint density at radius 2 is 2.23 bits per heavy atom. The number of aromatic nitrogens is 4. The van der Waals surface area contributed by atoms with Crippen molar-refractivity contribution in [3.8, 4) is 11.1 Å². The summed E-state index contributed by atoms with van der Waals surface area (Å²) in [5, 5.41) is 23.9. The number of allylic oxidation sites excluding steroid dienone is 1. The fraction of sp³-hybridized carbons (Fsp3) is 0. The van der Waals surface area contributed by atoms with Gasteiger partial charge in [-0.25, -0.2) is 0 Å². The lowest BCUT2D eigenvalue weighted by Gasteiger charge is -2.02. The predicted octanol–water partition coefficient (Wildman–Crippen LogP) is 1.13. The summed E-state index contributed by atoms with van der Waals surface area (Å²) in [5.74, 6) is -0.428. The van der Waals surface area contributed by atoms with Crippen LogP contribution in [-0.2, 0) is 0 Å². The van der Waals surface area contributed by atoms with Crippen LogP contribution in [0.25, 0.3) is 22.0 Å². The molecule has 2 heterocycles. The molecule has 8 nitrogen and oxygen atoms in total. The third-order valence-electron chi connectivity index (χ3n) is 3.20. The van der Waals surface area contributed by atoms with E-state index in [1.165, 1.54) is 0 Å². The zero-order valence-corrected chi connectivity index (χ0v) is 11.4. The summed E-state index contributed by atoms with van der Waals surface area (Å²) in [4.78, 5) is 12.2. The first-order valence-corrected chi connectivity index (χ1v) is 6.44. The van der Waals surface area contributed by atoms with Crippen LogP contribution in [0.4, 0.5) is 0 Å². The second-order valence-electron chi connectivity index (χ2n) is 4.54. The van der Waals surface area contributed by atoms with Gasteiger partial charge in [0.1, 0.15) is 0 Å². The highest BCUT2D eigenvalue weighted by Gasteiger charge is 2.15. The van der Waals surface area contributed by atoms with E-state index in [0.717, 1.165) is 29.1 Å². The molecule has 8 heteroatoms. The molecule has 0 saturated heterocycles. The molecule has 0 radical (unpaired) electrons. The molecule has 0 spiro atoms. The highest BCUT2D eigenvalue weighted by atomic mass is 16.1. The number of fused-ring (bicyclic) bond motifs is 1. The number of aromatic amines is 2. The van der Waals surface area contributed by atoms with Gasteiger partial charge >= 0.3 is 0 Å². The normalized spacial score (nSPS) is 11.5. The van der Waals surface area contributed by atoms with Crippen molar-refractivity contribution in [3.63, 3.8) is 0 Å². The number of carbonyl (C=O) groups excluding carboxylic acids is 1. The lowest BCUT2D eigenvalue weighted by molar-refractivity contribution is 0.0964. The molecule has 0 bridgehead atoms. The molecule has 0 aliphatic carbocycles. The summed E-state index contributed by atoms with van der Waals surface area (Å²) in [6.07, 6.45) is 5.61. The van der Waals surface area contributed by atoms with E-state index in [1.807, 2.05) is 18.2 Å². The first kappa shape index (κ1) is 13.6. The van der Waals surface area contributed by atoms with Crippen molar-refractivity contribution in [3.05, 3.63) is 48.2 Å². The van der Waals surface area contributed by atoms with Crippen LogP contribution in [-0.4, -0.2) is 32.5 Å². The number of hydrogen-bond donors (Lipinski definition) is 5. The summed E-state index contributed by atoms with van der Waals surface area (Å²) in [5.41, 5.74) is 8.39. The van der Waals surface area contributed by atoms with E-state index < -0.39 is 5.91 Å². The average molecular weight is 295 g/mol. The summed E-state index contributed by atoms with van der Waals surface area (Å²) in [7, 11) is 0. The molecule has 1 aromatic carbocycles. The Morgan fingerprint density at radius 3 is 2.91 bits per heavy atom. The van der Waals surface area contributed by atoms with Crippen molar-refractivity contribution in [2.45, 2.75) is 0 Å². The lowest BCUT2D eigenvalue weighted by atomic mass is 10.1. The summed E-state index contributed by atoms with van der Waals surface area (Å²) >= 11 is 0. The Labute approximate surface area is 124 Å². The van der Waals surface area contributed by atoms with Gasteiger partial charge in [-0.3, -0.25) is 15.0 Å². The monoisotopic (exact) mass is 295 g/mol. The number of nitrogens with one attached hydrogen (secondary N) is 4. The minimum Gasteiger partial charge on any atom is -0.403 e. The van der Waals surface area contributed by atoms with E-state index in [9.17, 15) is 4.79 Å². The van der Waals surface area contributed by atoms with Gasteiger partial charge in [0.2, 0.25) is 0 Å². The number of nitrogens with two attached hydrogens (primary N) is 1. The number of benzene rings is 1. The van der Waals surface area contributed by atoms with Crippen LogP contribution in [0.15, 0.2) is 42.5 Å². The van der Waals surface area contributed by atoms with Crippen molar-refractivity contribution in [1.29, 1.82) is 5.41 Å². The molecule has 0 fully saturated rings. The molecule has 110 valence electrons. The molecule has 3 rings (SSSR count). The predicted molar refractivity (Wildman–Crippen MR) is 82.2 cm³/mol. The topological polar surface area (TPSA) is 136 Å². The van der Waals surface area contributed by atoms with Crippen LogP contribution in [0.5, 0.6) is 0 Å². The fourth-order valence-electron chi connectivity index (χ4n) is 2.10. The van der Waals surface area contributed by atoms with E-state index in [4.69, 9.17) is 11.1 Å². The maximum Gasteiger partial charge on any atom is 0.276 e. The van der Waals surface area contributed by atoms with Crippen LogP contribution in [0.1, 0.15) is 10.5 Å². The fourth-order valence-corrected chi connectivity index (χ4v) is 2.10. The van der Waals surface area contributed by atoms with Crippen molar-refractivity contribution < 1.29 is 4.79 Å². The Kier molecular flexibility index (Phi) is 3.40. The number of amides is 1. The first-order valence-electron chi connectivity index (χ1n) is 6.44. The van der Waals surface area contributed by atoms with Crippen molar-refractivity contribution in [2.75, 3.05) is 0 Å². The van der Waals surface area contributed by atoms with Crippen molar-refractivity contribution in [1.82, 2.24) is 25.7 Å². The van der Waals surface area contributed by atoms with E-state index in [0.29, 0.717) is 5.39 Å². The third-order valence-corrected chi connectivity index (χ3v) is 3.20. The van der Waals surface area contributed by atoms with Gasteiger partial charge < -0.3 is 16.5 Å². The van der Waals surface area contributed by atoms with Gasteiger partial charge in [0, 0.05) is 29.6 Å². The van der Waals surface area contributed by atoms with Gasteiger partial charge in [-0.1, -0.05) is 6.07 Å². The van der Waals surface area contributed by atoms with Crippen molar-refractivity contribution in [2.24, 2.45) is 5.73 Å². The summed E-state index contributed by atoms with van der Waals surface area (Å²) in [6, 6.07) is 5.59. The summed E-state index contributed by atoms with van der Waals surface area (Å²) in [6.45, 7) is 0. The lowest BCUT2D eigenvalue weighted by Crippen LogP contribution is -2.24. The van der Waals surface area contributed by atoms with Crippen LogP contribution < -0.4 is 11.1 Å². The molecule has 0 aliphatic heterocycles. The van der Waals surface area contributed by atoms with E-state index >= 15 is 0 Å². The number of carbonyl (C=O) groups is 1. The molecule has 0 atom stereocenters. The zero-order chi connectivity index (χ0) is 15.5. The van der Waals surface area contributed by atoms with Crippen molar-refractivity contribution >= 4 is 23.0 Å². The minimum absolute atomic E-state index is 0.205. The molecule has 0 unspecified atom stereocenters. The molecular formula is C14H13N7O. The number of nitrogens with zero attached hydrogens (tertiary/aromatic N) is 2. The molecule has 1 amide bonds. The van der Waals surface area contributed by atoms with E-state index in [1.54, 1.807) is 12.4 Å². The zero-order valence-electron chi connectivity index (χ0n) is 11.4. The second kappa shape index (κ2) is 5.52. The highest BCUT2D eigenvalue weighted by Crippen LogP contribution is 2.24. The van der Waals surface area contributed by atoms with Crippen LogP contribution in [0, 0.1) is 5.41 Å². The first-order chi connectivity index (χ1) is 10.7. The van der Waals surface area contributed by atoms with Gasteiger partial charge in [-0.05, 0) is 17.7 Å². The maximum absolute atomic E-state index is 12.2. The Balaban J connectivity index is 1.96. The average Bonchev–Trinajstić information content (AvgIpc) is 3.20. The number of H-pyrrole nitrogens is 2. The Morgan fingerprint density at radius 1 is 1.36 bits per heavy atom. The van der Waals surface area contributed by atoms with Gasteiger partial charge in [0.05, 0.1) is 17.4 Å². The van der Waals surface area contributed by atoms with Gasteiger partial charge in [-0.2, -0.15) is 10.2 Å². The number of rotatable bonds is 4. The summed E-state index contributed by atoms with van der Waals surface area (Å²) < 4.78 is 0. The largest absolute Gasteiger partial charge is 0.403 e. The van der Waals surface area contributed by atoms with Gasteiger partial charge in [0.25, 0.3) is 5.91 Å². The molecule has 3 aromatic rings. The molecule has 22 heavy (non-hydrogen) atoms. The quantitative estimate of drug-likeness (QED) is 0.461. The SMILES string of the molecule is N=C/C(=C\N)NC(=O)c1n[nH]c2cc(-c3cn[nH]c3)ccc12. The highest BCUT2D eigenvalue weighted by molar-refractivity contribution is 6.07. The Bertz CT molecular complexity index is 861. The van der Waals surface area contributed by atoms with Gasteiger partial charge in [-0.15, -0.1) is 0 Å². The minimum atomic E-state index is -0.428. The molecule has 0 aliphatic rings. The molecule has 2 aromatic heterocycles. The van der Waals surface area contributed by atoms with Crippen LogP contribution in [0.3, 0.4) is 0 Å². The molecule has 6 N–H and O–H groups in total. The second-order valence-corrected chi connectivity index (χ2v) is 4.54. The third kappa shape index (κ3) is 2.33. The maximum atomic E-state index is 12.2. The molecular weight excluding hydrogens is 282 g/mol. The standard InChI is InChI=1S/C14H13N7O/c15-4-10(5-16)19-14(22)13-11-2-1-8(3-12(11)20-21-13)9-6-17-18-7-9/h1-7,15H,16H2,(H,17,18)(H,19,22)(H,20,21)/b10-5+,15-4?. The van der Waals surface area contributed by atoms with Gasteiger partial charge in [0.15, 0.2) is 5.69 Å². The van der Waals surface area contributed by atoms with Crippen LogP contribution >= 0.6 is 0 Å².